The highest BCUT2D eigenvalue weighted by Gasteiger charge is 2.37. The fourth-order valence-corrected chi connectivity index (χ4v) is 4.24. The highest BCUT2D eigenvalue weighted by atomic mass is 32.1. The minimum atomic E-state index is -4.98. The predicted octanol–water partition coefficient (Wildman–Crippen LogP) is 6.18. The molecule has 0 bridgehead atoms. The first-order chi connectivity index (χ1) is 15.9. The molecule has 0 fully saturated rings. The maximum Gasteiger partial charge on any atom is 0.416 e. The Morgan fingerprint density at radius 1 is 1.00 bits per heavy atom. The third-order valence-corrected chi connectivity index (χ3v) is 5.93. The van der Waals surface area contributed by atoms with Crippen molar-refractivity contribution in [3.05, 3.63) is 76.2 Å². The van der Waals surface area contributed by atoms with Crippen LogP contribution < -0.4 is 15.5 Å². The molecule has 0 saturated carbocycles. The number of carbonyl (C=O) groups excluding carboxylic acids is 1. The van der Waals surface area contributed by atoms with Crippen LogP contribution in [0.5, 0.6) is 0 Å². The number of nitrogens with zero attached hydrogens (tertiary/aromatic N) is 1. The summed E-state index contributed by atoms with van der Waals surface area (Å²) in [6.45, 7) is 0.370. The van der Waals surface area contributed by atoms with Gasteiger partial charge in [0.15, 0.2) is 0 Å². The smallest absolute Gasteiger partial charge is 0.359 e. The van der Waals surface area contributed by atoms with E-state index in [2.05, 4.69) is 10.6 Å². The number of amides is 1. The number of anilines is 3. The van der Waals surface area contributed by atoms with Gasteiger partial charge in [0, 0.05) is 11.4 Å². The lowest BCUT2D eigenvalue weighted by Crippen LogP contribution is -2.39. The van der Waals surface area contributed by atoms with Gasteiger partial charge in [-0.25, -0.2) is 0 Å². The number of benzene rings is 2. The molecule has 0 saturated heterocycles. The minimum Gasteiger partial charge on any atom is -0.359 e. The van der Waals surface area contributed by atoms with E-state index in [1.165, 1.54) is 23.5 Å². The first kappa shape index (κ1) is 23.6. The van der Waals surface area contributed by atoms with E-state index in [0.29, 0.717) is 36.0 Å². The van der Waals surface area contributed by atoms with E-state index in [1.807, 2.05) is 11.4 Å². The van der Waals surface area contributed by atoms with Crippen molar-refractivity contribution in [2.75, 3.05) is 22.2 Å². The summed E-state index contributed by atoms with van der Waals surface area (Å²) in [6.07, 6.45) is -10.6. The number of nitrogens with one attached hydrogen (secondary N) is 3. The molecular weight excluding hydrogens is 482 g/mol. The molecule has 0 radical (unpaired) electrons. The zero-order valence-electron chi connectivity index (χ0n) is 17.1. The molecule has 12 heteroatoms. The Bertz CT molecular complexity index is 1200. The van der Waals surface area contributed by atoms with Crippen molar-refractivity contribution in [3.63, 3.8) is 0 Å². The van der Waals surface area contributed by atoms with E-state index in [0.717, 1.165) is 10.6 Å². The van der Waals surface area contributed by atoms with Crippen LogP contribution in [0, 0.1) is 5.41 Å². The monoisotopic (exact) mass is 498 g/mol. The second kappa shape index (κ2) is 8.67. The average Bonchev–Trinajstić information content (AvgIpc) is 3.23. The molecule has 34 heavy (non-hydrogen) atoms. The molecule has 1 amide bonds. The van der Waals surface area contributed by atoms with E-state index in [1.54, 1.807) is 17.0 Å². The van der Waals surface area contributed by atoms with Gasteiger partial charge in [0.1, 0.15) is 10.8 Å². The van der Waals surface area contributed by atoms with Crippen LogP contribution in [0.1, 0.15) is 22.3 Å². The zero-order valence-corrected chi connectivity index (χ0v) is 18.0. The molecule has 0 aliphatic carbocycles. The minimum absolute atomic E-state index is 0.0201. The van der Waals surface area contributed by atoms with Crippen LogP contribution in [0.4, 0.5) is 42.7 Å². The second-order valence-corrected chi connectivity index (χ2v) is 8.38. The number of fused-ring (bicyclic) bond motifs is 1. The number of rotatable bonds is 4. The third-order valence-electron chi connectivity index (χ3n) is 5.06. The molecule has 0 spiro atoms. The molecule has 1 aliphatic heterocycles. The molecular formula is C22H16F6N4OS. The van der Waals surface area contributed by atoms with Crippen molar-refractivity contribution in [2.45, 2.75) is 18.8 Å². The first-order valence-corrected chi connectivity index (χ1v) is 10.7. The Balaban J connectivity index is 1.46. The van der Waals surface area contributed by atoms with Crippen LogP contribution in [0.15, 0.2) is 53.9 Å². The quantitative estimate of drug-likeness (QED) is 0.376. The Morgan fingerprint density at radius 2 is 1.62 bits per heavy atom. The standard InChI is InChI=1S/C22H16F6N4OS/c23-21(24,25)13-7-12(8-14(10-13)22(26,27)28)9-18(33)31-15-1-3-16(4-2-15)32-11-30-20-17(19(32)29)5-6-34-20/h1-8,10,29-30H,9,11H2,(H,31,33). The Labute approximate surface area is 193 Å². The van der Waals surface area contributed by atoms with Gasteiger partial charge in [-0.05, 0) is 59.5 Å². The highest BCUT2D eigenvalue weighted by Crippen LogP contribution is 2.36. The van der Waals surface area contributed by atoms with Crippen LogP contribution in [0.3, 0.4) is 0 Å². The van der Waals surface area contributed by atoms with Crippen LogP contribution in [-0.2, 0) is 23.6 Å². The summed E-state index contributed by atoms with van der Waals surface area (Å²) in [5.74, 6) is -0.465. The van der Waals surface area contributed by atoms with Crippen LogP contribution in [0.25, 0.3) is 0 Å². The average molecular weight is 498 g/mol. The molecule has 4 rings (SSSR count). The Kier molecular flexibility index (Phi) is 6.02. The van der Waals surface area contributed by atoms with Crippen molar-refractivity contribution in [3.8, 4) is 0 Å². The van der Waals surface area contributed by atoms with Crippen LogP contribution >= 0.6 is 11.3 Å². The number of halogens is 6. The van der Waals surface area contributed by atoms with E-state index in [-0.39, 0.29) is 6.07 Å². The summed E-state index contributed by atoms with van der Waals surface area (Å²) >= 11 is 1.49. The zero-order chi connectivity index (χ0) is 24.7. The van der Waals surface area contributed by atoms with Crippen LogP contribution in [-0.4, -0.2) is 18.4 Å². The molecule has 1 aliphatic rings. The van der Waals surface area contributed by atoms with E-state index in [9.17, 15) is 31.1 Å². The Morgan fingerprint density at radius 3 is 2.21 bits per heavy atom. The SMILES string of the molecule is N=C1c2ccsc2NCN1c1ccc(NC(=O)Cc2cc(C(F)(F)F)cc(C(F)(F)F)c2)cc1. The molecule has 3 aromatic rings. The van der Waals surface area contributed by atoms with Crippen molar-refractivity contribution in [1.82, 2.24) is 0 Å². The van der Waals surface area contributed by atoms with E-state index >= 15 is 0 Å². The number of hydrogen-bond donors (Lipinski definition) is 3. The van der Waals surface area contributed by atoms with Crippen molar-refractivity contribution >= 4 is 39.5 Å². The Hall–Kier alpha value is -3.54. The normalized spacial score (nSPS) is 13.9. The lowest BCUT2D eigenvalue weighted by atomic mass is 10.0. The van der Waals surface area contributed by atoms with Gasteiger partial charge in [0.25, 0.3) is 0 Å². The largest absolute Gasteiger partial charge is 0.416 e. The summed E-state index contributed by atoms with van der Waals surface area (Å²) in [5.41, 5.74) is -1.62. The third kappa shape index (κ3) is 5.01. The first-order valence-electron chi connectivity index (χ1n) is 9.78. The van der Waals surface area contributed by atoms with Gasteiger partial charge in [-0.15, -0.1) is 11.3 Å². The summed E-state index contributed by atoms with van der Waals surface area (Å²) in [6, 6.07) is 9.29. The second-order valence-electron chi connectivity index (χ2n) is 7.46. The van der Waals surface area contributed by atoms with Crippen molar-refractivity contribution in [2.24, 2.45) is 0 Å². The van der Waals surface area contributed by atoms with Crippen molar-refractivity contribution < 1.29 is 31.1 Å². The lowest BCUT2D eigenvalue weighted by Gasteiger charge is -2.30. The van der Waals surface area contributed by atoms with Crippen LogP contribution in [0.2, 0.25) is 0 Å². The maximum absolute atomic E-state index is 13.0. The fraction of sp³-hybridized carbons (Fsp3) is 0.182. The summed E-state index contributed by atoms with van der Waals surface area (Å²) < 4.78 is 78.1. The molecule has 1 aromatic heterocycles. The molecule has 2 aromatic carbocycles. The maximum atomic E-state index is 13.0. The molecule has 3 N–H and O–H groups in total. The predicted molar refractivity (Wildman–Crippen MR) is 117 cm³/mol. The van der Waals surface area contributed by atoms with Gasteiger partial charge >= 0.3 is 12.4 Å². The summed E-state index contributed by atoms with van der Waals surface area (Å²) in [5, 5.41) is 16.8. The van der Waals surface area contributed by atoms with Gasteiger partial charge in [-0.2, -0.15) is 26.3 Å². The lowest BCUT2D eigenvalue weighted by molar-refractivity contribution is -0.143. The number of carbonyl (C=O) groups is 1. The number of hydrogen-bond acceptors (Lipinski definition) is 4. The molecule has 178 valence electrons. The van der Waals surface area contributed by atoms with Gasteiger partial charge in [0.2, 0.25) is 5.91 Å². The van der Waals surface area contributed by atoms with Crippen molar-refractivity contribution in [1.29, 1.82) is 5.41 Å². The van der Waals surface area contributed by atoms with Gasteiger partial charge in [-0.3, -0.25) is 10.2 Å². The molecule has 0 atom stereocenters. The fourth-order valence-electron chi connectivity index (χ4n) is 3.47. The molecule has 0 unspecified atom stereocenters. The number of thiophene rings is 1. The molecule has 5 nitrogen and oxygen atoms in total. The summed E-state index contributed by atoms with van der Waals surface area (Å²) in [4.78, 5) is 14.0. The highest BCUT2D eigenvalue weighted by molar-refractivity contribution is 7.14. The topological polar surface area (TPSA) is 68.2 Å². The number of alkyl halides is 6. The van der Waals surface area contributed by atoms with Gasteiger partial charge in [0.05, 0.1) is 29.8 Å². The number of amidine groups is 1. The van der Waals surface area contributed by atoms with Gasteiger partial charge < -0.3 is 15.5 Å². The van der Waals surface area contributed by atoms with E-state index in [4.69, 9.17) is 5.41 Å². The summed E-state index contributed by atoms with van der Waals surface area (Å²) in [7, 11) is 0. The van der Waals surface area contributed by atoms with Gasteiger partial charge in [-0.1, -0.05) is 0 Å². The molecule has 2 heterocycles. The van der Waals surface area contributed by atoms with E-state index < -0.39 is 41.4 Å².